The second kappa shape index (κ2) is 5.81. The topological polar surface area (TPSA) is 75.4 Å². The number of rotatable bonds is 0. The first kappa shape index (κ1) is 17.6. The summed E-state index contributed by atoms with van der Waals surface area (Å²) in [4.78, 5) is 24.8. The number of anilines is 1. The summed E-state index contributed by atoms with van der Waals surface area (Å²) in [7, 11) is 0. The van der Waals surface area contributed by atoms with E-state index in [1.807, 2.05) is 12.3 Å². The Kier molecular flexibility index (Phi) is 3.30. The van der Waals surface area contributed by atoms with Crippen LogP contribution in [-0.4, -0.2) is 37.6 Å². The summed E-state index contributed by atoms with van der Waals surface area (Å²) in [6.45, 7) is 3.17. The van der Waals surface area contributed by atoms with E-state index in [0.29, 0.717) is 29.0 Å². The monoisotopic (exact) mass is 418 g/mol. The van der Waals surface area contributed by atoms with Gasteiger partial charge in [-0.3, -0.25) is 9.78 Å². The number of fused-ring (bicyclic) bond motifs is 7. The fourth-order valence-corrected chi connectivity index (χ4v) is 5.93. The van der Waals surface area contributed by atoms with Gasteiger partial charge in [0.2, 0.25) is 0 Å². The summed E-state index contributed by atoms with van der Waals surface area (Å²) in [5.74, 6) is 2.05. The zero-order valence-electron chi connectivity index (χ0n) is 17.3. The van der Waals surface area contributed by atoms with Gasteiger partial charge in [-0.25, -0.2) is 13.9 Å². The van der Waals surface area contributed by atoms with E-state index >= 15 is 0 Å². The highest BCUT2D eigenvalue weighted by molar-refractivity contribution is 6.00. The van der Waals surface area contributed by atoms with E-state index in [-0.39, 0.29) is 23.3 Å². The minimum absolute atomic E-state index is 0.0547. The van der Waals surface area contributed by atoms with Crippen LogP contribution in [0.25, 0.3) is 5.65 Å². The van der Waals surface area contributed by atoms with Crippen LogP contribution < -0.4 is 10.2 Å². The van der Waals surface area contributed by atoms with Crippen LogP contribution in [-0.2, 0) is 6.42 Å². The lowest BCUT2D eigenvalue weighted by atomic mass is 9.95. The van der Waals surface area contributed by atoms with E-state index in [1.165, 1.54) is 6.20 Å². The van der Waals surface area contributed by atoms with Gasteiger partial charge >= 0.3 is 0 Å². The van der Waals surface area contributed by atoms with Crippen molar-refractivity contribution < 1.29 is 9.18 Å². The molecule has 1 N–H and O–H groups in total. The van der Waals surface area contributed by atoms with Gasteiger partial charge in [0, 0.05) is 24.0 Å². The molecule has 1 amide bonds. The van der Waals surface area contributed by atoms with Crippen molar-refractivity contribution in [2.75, 3.05) is 11.4 Å². The lowest BCUT2D eigenvalue weighted by molar-refractivity contribution is 0.0930. The highest BCUT2D eigenvalue weighted by Gasteiger charge is 2.60. The third-order valence-electron chi connectivity index (χ3n) is 8.00. The van der Waals surface area contributed by atoms with E-state index in [2.05, 4.69) is 27.2 Å². The quantitative estimate of drug-likeness (QED) is 0.608. The molecular formula is C23H23FN6O. The molecule has 2 aliphatic carbocycles. The van der Waals surface area contributed by atoms with Crippen molar-refractivity contribution in [1.82, 2.24) is 24.9 Å². The smallest absolute Gasteiger partial charge is 0.257 e. The summed E-state index contributed by atoms with van der Waals surface area (Å²) in [6, 6.07) is 3.67. The fourth-order valence-electron chi connectivity index (χ4n) is 5.93. The zero-order valence-corrected chi connectivity index (χ0v) is 17.3. The average Bonchev–Trinajstić information content (AvgIpc) is 3.51. The second-order valence-electron chi connectivity index (χ2n) is 9.73. The number of pyridine rings is 1. The van der Waals surface area contributed by atoms with Crippen LogP contribution in [0.4, 0.5) is 10.2 Å². The molecule has 158 valence electrons. The number of aromatic nitrogens is 4. The molecule has 2 bridgehead atoms. The number of hydrogen-bond acceptors (Lipinski definition) is 5. The van der Waals surface area contributed by atoms with Crippen molar-refractivity contribution in [1.29, 1.82) is 0 Å². The summed E-state index contributed by atoms with van der Waals surface area (Å²) in [6.07, 6.45) is 8.20. The molecule has 8 heteroatoms. The molecule has 1 saturated heterocycles. The molecule has 4 atom stereocenters. The number of nitrogens with one attached hydrogen (secondary N) is 1. The molecule has 0 aromatic carbocycles. The van der Waals surface area contributed by atoms with Crippen molar-refractivity contribution in [3.05, 3.63) is 53.4 Å². The van der Waals surface area contributed by atoms with Gasteiger partial charge in [-0.05, 0) is 61.1 Å². The lowest BCUT2D eigenvalue weighted by Crippen LogP contribution is -2.37. The first-order chi connectivity index (χ1) is 15.0. The molecule has 4 aliphatic rings. The molecule has 31 heavy (non-hydrogen) atoms. The lowest BCUT2D eigenvalue weighted by Gasteiger charge is -2.31. The van der Waals surface area contributed by atoms with E-state index in [0.717, 1.165) is 49.3 Å². The predicted molar refractivity (Wildman–Crippen MR) is 111 cm³/mol. The molecule has 2 aliphatic heterocycles. The Morgan fingerprint density at radius 2 is 2.13 bits per heavy atom. The molecule has 0 radical (unpaired) electrons. The summed E-state index contributed by atoms with van der Waals surface area (Å²) < 4.78 is 16.0. The molecule has 3 unspecified atom stereocenters. The van der Waals surface area contributed by atoms with Gasteiger partial charge in [-0.1, -0.05) is 6.92 Å². The van der Waals surface area contributed by atoms with Crippen LogP contribution >= 0.6 is 0 Å². The predicted octanol–water partition coefficient (Wildman–Crippen LogP) is 2.92. The van der Waals surface area contributed by atoms with Crippen LogP contribution in [0.2, 0.25) is 0 Å². The first-order valence-corrected chi connectivity index (χ1v) is 11.1. The number of carbonyl (C=O) groups excluding carboxylic acids is 1. The van der Waals surface area contributed by atoms with E-state index < -0.39 is 0 Å². The second-order valence-corrected chi connectivity index (χ2v) is 9.73. The third-order valence-corrected chi connectivity index (χ3v) is 8.00. The normalized spacial score (nSPS) is 30.1. The number of aryl methyl sites for hydroxylation is 1. The largest absolute Gasteiger partial charge is 0.349 e. The van der Waals surface area contributed by atoms with Crippen molar-refractivity contribution >= 4 is 17.4 Å². The van der Waals surface area contributed by atoms with Gasteiger partial charge in [-0.2, -0.15) is 5.10 Å². The number of halogens is 1. The Morgan fingerprint density at radius 1 is 1.26 bits per heavy atom. The molecule has 3 fully saturated rings. The van der Waals surface area contributed by atoms with Gasteiger partial charge in [0.15, 0.2) is 5.65 Å². The van der Waals surface area contributed by atoms with Crippen LogP contribution in [0.3, 0.4) is 0 Å². The molecule has 5 heterocycles. The van der Waals surface area contributed by atoms with Gasteiger partial charge in [0.05, 0.1) is 18.4 Å². The molecular weight excluding hydrogens is 395 g/mol. The number of piperidine rings is 1. The zero-order chi connectivity index (χ0) is 20.9. The van der Waals surface area contributed by atoms with Crippen molar-refractivity contribution in [3.8, 4) is 0 Å². The molecule has 2 saturated carbocycles. The Morgan fingerprint density at radius 3 is 2.97 bits per heavy atom. The maximum Gasteiger partial charge on any atom is 0.257 e. The maximum absolute atomic E-state index is 14.4. The minimum atomic E-state index is -0.296. The Hall–Kier alpha value is -3.03. The Bertz CT molecular complexity index is 1250. The highest BCUT2D eigenvalue weighted by Crippen LogP contribution is 2.62. The van der Waals surface area contributed by atoms with Crippen LogP contribution in [0.5, 0.6) is 0 Å². The summed E-state index contributed by atoms with van der Waals surface area (Å²) in [5.41, 5.74) is 2.78. The maximum atomic E-state index is 14.4. The molecule has 7 rings (SSSR count). The fraction of sp³-hybridized carbons (Fsp3) is 0.478. The highest BCUT2D eigenvalue weighted by atomic mass is 19.1. The number of amides is 1. The van der Waals surface area contributed by atoms with Crippen LogP contribution in [0.1, 0.15) is 53.8 Å². The minimum Gasteiger partial charge on any atom is -0.349 e. The Balaban J connectivity index is 1.44. The van der Waals surface area contributed by atoms with Crippen LogP contribution in [0.15, 0.2) is 30.7 Å². The standard InChI is InChI=1S/C23H23FN6O/c1-12-16-11-29-18-3-7-30-21(27-18)15(10-26-30)22(31)28-23(5-6-23)4-2-17-14(20(29)19(12)16)8-13(24)9-25-17/h3,7-10,12,16,19-20H,2,4-6,11H2,1H3,(H,28,31)/t12?,16?,19?,20-/m0/s1. The number of carbonyl (C=O) groups is 1. The van der Waals surface area contributed by atoms with Crippen LogP contribution in [0, 0.1) is 23.6 Å². The van der Waals surface area contributed by atoms with Gasteiger partial charge in [0.25, 0.3) is 5.91 Å². The van der Waals surface area contributed by atoms with Crippen molar-refractivity contribution in [2.45, 2.75) is 44.2 Å². The molecule has 1 spiro atoms. The Labute approximate surface area is 178 Å². The average molecular weight is 418 g/mol. The number of hydrogen-bond donors (Lipinski definition) is 1. The first-order valence-electron chi connectivity index (χ1n) is 11.1. The van der Waals surface area contributed by atoms with Gasteiger partial charge < -0.3 is 10.2 Å². The SMILES string of the molecule is CC1C2CN3c4ccn5ncc(c5n4)C(=O)NC4(CCc5ncc(F)cc5[C@H]3C12)CC4. The van der Waals surface area contributed by atoms with Crippen molar-refractivity contribution in [3.63, 3.8) is 0 Å². The van der Waals surface area contributed by atoms with Crippen molar-refractivity contribution in [2.24, 2.45) is 17.8 Å². The summed E-state index contributed by atoms with van der Waals surface area (Å²) >= 11 is 0. The molecule has 3 aromatic heterocycles. The molecule has 7 nitrogen and oxygen atoms in total. The number of nitrogens with zero attached hydrogens (tertiary/aromatic N) is 5. The molecule has 3 aromatic rings. The third kappa shape index (κ3) is 2.50. The summed E-state index contributed by atoms with van der Waals surface area (Å²) in [5, 5.41) is 7.57. The van der Waals surface area contributed by atoms with E-state index in [9.17, 15) is 9.18 Å². The van der Waals surface area contributed by atoms with Gasteiger partial charge in [0.1, 0.15) is 17.2 Å². The van der Waals surface area contributed by atoms with E-state index in [1.54, 1.807) is 16.8 Å². The van der Waals surface area contributed by atoms with E-state index in [4.69, 9.17) is 4.98 Å². The van der Waals surface area contributed by atoms with Gasteiger partial charge in [-0.15, -0.1) is 0 Å².